The summed E-state index contributed by atoms with van der Waals surface area (Å²) in [4.78, 5) is 30.9. The van der Waals surface area contributed by atoms with Crippen LogP contribution in [0.5, 0.6) is 0 Å². The highest BCUT2D eigenvalue weighted by Crippen LogP contribution is 2.18. The van der Waals surface area contributed by atoms with E-state index in [0.717, 1.165) is 31.6 Å². The summed E-state index contributed by atoms with van der Waals surface area (Å²) in [6, 6.07) is 12.7. The molecule has 0 spiro atoms. The van der Waals surface area contributed by atoms with Gasteiger partial charge in [0.25, 0.3) is 5.91 Å². The smallest absolute Gasteiger partial charge is 0.253 e. The topological polar surface area (TPSA) is 65.2 Å². The quantitative estimate of drug-likeness (QED) is 0.508. The first-order valence-corrected chi connectivity index (χ1v) is 9.20. The molecule has 5 heteroatoms. The van der Waals surface area contributed by atoms with Crippen molar-refractivity contribution in [2.75, 3.05) is 26.2 Å². The molecule has 0 bridgehead atoms. The summed E-state index contributed by atoms with van der Waals surface area (Å²) < 4.78 is 0. The van der Waals surface area contributed by atoms with E-state index in [4.69, 9.17) is 0 Å². The molecule has 1 aromatic heterocycles. The van der Waals surface area contributed by atoms with Gasteiger partial charge in [-0.3, -0.25) is 9.59 Å². The third-order valence-electron chi connectivity index (χ3n) is 4.82. The van der Waals surface area contributed by atoms with Crippen LogP contribution in [0.15, 0.2) is 47.3 Å². The number of carbonyl (C=O) groups excluding carboxylic acids is 1. The lowest BCUT2D eigenvalue weighted by atomic mass is 10.1. The van der Waals surface area contributed by atoms with Crippen LogP contribution in [0, 0.1) is 0 Å². The number of pyridine rings is 1. The number of hydrogen-bond donors (Lipinski definition) is 2. The fourth-order valence-electron chi connectivity index (χ4n) is 3.27. The Balaban J connectivity index is 1.83. The van der Waals surface area contributed by atoms with Gasteiger partial charge in [0.15, 0.2) is 5.43 Å². The molecule has 0 unspecified atom stereocenters. The van der Waals surface area contributed by atoms with Crippen molar-refractivity contribution >= 4 is 27.7 Å². The van der Waals surface area contributed by atoms with Crippen LogP contribution in [-0.4, -0.2) is 42.0 Å². The molecule has 2 N–H and O–H groups in total. The van der Waals surface area contributed by atoms with E-state index in [2.05, 4.69) is 29.0 Å². The molecule has 3 aromatic rings. The standard InChI is InChI=1S/C21H25N3O2/c1-3-24(4-2)14-8-13-22-21(26)17-11-7-10-16-19(17)23-18-12-6-5-9-15(18)20(16)25/h5-7,9-12H,3-4,8,13-14H2,1-2H3,(H,22,26)(H,23,25). The van der Waals surface area contributed by atoms with E-state index in [1.165, 1.54) is 0 Å². The Morgan fingerprint density at radius 3 is 2.54 bits per heavy atom. The molecule has 1 amide bonds. The van der Waals surface area contributed by atoms with Crippen molar-refractivity contribution in [1.29, 1.82) is 0 Å². The van der Waals surface area contributed by atoms with E-state index in [-0.39, 0.29) is 11.3 Å². The average Bonchev–Trinajstić information content (AvgIpc) is 2.68. The molecule has 0 fully saturated rings. The van der Waals surface area contributed by atoms with Crippen LogP contribution in [0.1, 0.15) is 30.6 Å². The number of carbonyl (C=O) groups is 1. The molecule has 1 heterocycles. The summed E-state index contributed by atoms with van der Waals surface area (Å²) in [5, 5.41) is 4.15. The fraction of sp³-hybridized carbons (Fsp3) is 0.333. The summed E-state index contributed by atoms with van der Waals surface area (Å²) in [5.74, 6) is -0.152. The van der Waals surface area contributed by atoms with Crippen LogP contribution in [0.2, 0.25) is 0 Å². The SMILES string of the molecule is CCN(CC)CCCNC(=O)c1cccc2c(=O)c3ccccc3[nH]c12. The Morgan fingerprint density at radius 1 is 1.04 bits per heavy atom. The molecule has 5 nitrogen and oxygen atoms in total. The predicted molar refractivity (Wildman–Crippen MR) is 107 cm³/mol. The molecule has 0 aliphatic carbocycles. The van der Waals surface area contributed by atoms with Gasteiger partial charge in [-0.05, 0) is 50.3 Å². The van der Waals surface area contributed by atoms with E-state index in [1.807, 2.05) is 18.2 Å². The van der Waals surface area contributed by atoms with E-state index in [0.29, 0.717) is 28.4 Å². The highest BCUT2D eigenvalue weighted by Gasteiger charge is 2.13. The fourth-order valence-corrected chi connectivity index (χ4v) is 3.27. The van der Waals surface area contributed by atoms with Crippen molar-refractivity contribution in [2.45, 2.75) is 20.3 Å². The van der Waals surface area contributed by atoms with Gasteiger partial charge in [0, 0.05) is 22.8 Å². The Morgan fingerprint density at radius 2 is 1.77 bits per heavy atom. The lowest BCUT2D eigenvalue weighted by Crippen LogP contribution is -2.30. The van der Waals surface area contributed by atoms with Crippen molar-refractivity contribution in [3.63, 3.8) is 0 Å². The van der Waals surface area contributed by atoms with Crippen molar-refractivity contribution < 1.29 is 4.79 Å². The maximum absolute atomic E-state index is 12.7. The molecular formula is C21H25N3O2. The zero-order chi connectivity index (χ0) is 18.5. The Kier molecular flexibility index (Phi) is 5.68. The highest BCUT2D eigenvalue weighted by atomic mass is 16.1. The van der Waals surface area contributed by atoms with Gasteiger partial charge in [0.2, 0.25) is 0 Å². The van der Waals surface area contributed by atoms with Crippen LogP contribution in [0.4, 0.5) is 0 Å². The van der Waals surface area contributed by atoms with Crippen LogP contribution in [-0.2, 0) is 0 Å². The Bertz CT molecular complexity index is 974. The number of nitrogens with zero attached hydrogens (tertiary/aromatic N) is 1. The second kappa shape index (κ2) is 8.15. The van der Waals surface area contributed by atoms with Crippen LogP contribution in [0.3, 0.4) is 0 Å². The Hall–Kier alpha value is -2.66. The van der Waals surface area contributed by atoms with Crippen molar-refractivity contribution in [1.82, 2.24) is 15.2 Å². The third kappa shape index (κ3) is 3.63. The number of aromatic nitrogens is 1. The van der Waals surface area contributed by atoms with Crippen molar-refractivity contribution in [3.05, 3.63) is 58.3 Å². The van der Waals surface area contributed by atoms with E-state index in [1.54, 1.807) is 24.3 Å². The van der Waals surface area contributed by atoms with Crippen LogP contribution >= 0.6 is 0 Å². The molecule has 0 aliphatic heterocycles. The number of nitrogens with one attached hydrogen (secondary N) is 2. The molecule has 136 valence electrons. The van der Waals surface area contributed by atoms with Gasteiger partial charge in [-0.25, -0.2) is 0 Å². The van der Waals surface area contributed by atoms with Crippen LogP contribution in [0.25, 0.3) is 21.8 Å². The van der Waals surface area contributed by atoms with Crippen LogP contribution < -0.4 is 10.7 Å². The molecule has 0 radical (unpaired) electrons. The minimum Gasteiger partial charge on any atom is -0.354 e. The Labute approximate surface area is 153 Å². The first-order valence-electron chi connectivity index (χ1n) is 9.20. The number of aromatic amines is 1. The summed E-state index contributed by atoms with van der Waals surface area (Å²) in [6.45, 7) is 7.88. The number of fused-ring (bicyclic) bond motifs is 2. The highest BCUT2D eigenvalue weighted by molar-refractivity contribution is 6.07. The largest absolute Gasteiger partial charge is 0.354 e. The second-order valence-corrected chi connectivity index (χ2v) is 6.36. The van der Waals surface area contributed by atoms with E-state index < -0.39 is 0 Å². The molecule has 2 aromatic carbocycles. The third-order valence-corrected chi connectivity index (χ3v) is 4.82. The maximum Gasteiger partial charge on any atom is 0.253 e. The molecule has 0 saturated carbocycles. The lowest BCUT2D eigenvalue weighted by molar-refractivity contribution is 0.0953. The summed E-state index contributed by atoms with van der Waals surface area (Å²) >= 11 is 0. The first kappa shape index (κ1) is 18.1. The van der Waals surface area contributed by atoms with Gasteiger partial charge in [-0.15, -0.1) is 0 Å². The average molecular weight is 351 g/mol. The lowest BCUT2D eigenvalue weighted by Gasteiger charge is -2.17. The minimum absolute atomic E-state index is 0.0504. The monoisotopic (exact) mass is 351 g/mol. The maximum atomic E-state index is 12.7. The van der Waals surface area contributed by atoms with Gasteiger partial charge in [0.1, 0.15) is 0 Å². The number of rotatable bonds is 7. The predicted octanol–water partition coefficient (Wildman–Crippen LogP) is 3.14. The molecular weight excluding hydrogens is 326 g/mol. The normalized spacial score (nSPS) is 11.3. The zero-order valence-electron chi connectivity index (χ0n) is 15.3. The number of amides is 1. The second-order valence-electron chi connectivity index (χ2n) is 6.36. The number of H-pyrrole nitrogens is 1. The van der Waals surface area contributed by atoms with E-state index >= 15 is 0 Å². The minimum atomic E-state index is -0.152. The van der Waals surface area contributed by atoms with Crippen molar-refractivity contribution in [3.8, 4) is 0 Å². The number of para-hydroxylation sites is 2. The van der Waals surface area contributed by atoms with Gasteiger partial charge in [-0.2, -0.15) is 0 Å². The summed E-state index contributed by atoms with van der Waals surface area (Å²) in [6.07, 6.45) is 0.900. The molecule has 3 rings (SSSR count). The summed E-state index contributed by atoms with van der Waals surface area (Å²) in [7, 11) is 0. The zero-order valence-corrected chi connectivity index (χ0v) is 15.3. The first-order chi connectivity index (χ1) is 12.7. The summed E-state index contributed by atoms with van der Waals surface area (Å²) in [5.41, 5.74) is 1.79. The number of benzene rings is 2. The van der Waals surface area contributed by atoms with E-state index in [9.17, 15) is 9.59 Å². The van der Waals surface area contributed by atoms with Gasteiger partial charge in [0.05, 0.1) is 11.1 Å². The molecule has 0 saturated heterocycles. The molecule has 26 heavy (non-hydrogen) atoms. The van der Waals surface area contributed by atoms with Gasteiger partial charge < -0.3 is 15.2 Å². The molecule has 0 aliphatic rings. The van der Waals surface area contributed by atoms with Crippen molar-refractivity contribution in [2.24, 2.45) is 0 Å². The number of hydrogen-bond acceptors (Lipinski definition) is 3. The van der Waals surface area contributed by atoms with Gasteiger partial charge in [-0.1, -0.05) is 32.0 Å². The van der Waals surface area contributed by atoms with Gasteiger partial charge >= 0.3 is 0 Å². The molecule has 0 atom stereocenters.